The van der Waals surface area contributed by atoms with Gasteiger partial charge in [-0.15, -0.1) is 0 Å². The van der Waals surface area contributed by atoms with Gasteiger partial charge in [-0.2, -0.15) is 4.98 Å². The van der Waals surface area contributed by atoms with Gasteiger partial charge in [0.2, 0.25) is 17.6 Å². The normalized spacial score (nSPS) is 17.9. The Morgan fingerprint density at radius 3 is 2.67 bits per heavy atom. The minimum atomic E-state index is -0.0379. The molecule has 1 atom stereocenters. The minimum Gasteiger partial charge on any atom is -0.352 e. The molecular weight excluding hydrogens is 498 g/mol. The van der Waals surface area contributed by atoms with E-state index in [0.29, 0.717) is 31.3 Å². The number of nitrogens with one attached hydrogen (secondary N) is 1. The molecule has 0 bridgehead atoms. The molecule has 7 nitrogen and oxygen atoms in total. The second-order valence-electron chi connectivity index (χ2n) is 11.2. The van der Waals surface area contributed by atoms with Crippen LogP contribution in [0.15, 0.2) is 77.3 Å². The van der Waals surface area contributed by atoms with Crippen molar-refractivity contribution in [3.8, 4) is 11.4 Å². The summed E-state index contributed by atoms with van der Waals surface area (Å²) in [7, 11) is 0. The van der Waals surface area contributed by atoms with Crippen LogP contribution < -0.4 is 5.32 Å². The molecule has 1 amide bonds. The number of aromatic nitrogens is 2. The van der Waals surface area contributed by atoms with Crippen LogP contribution in [0.2, 0.25) is 0 Å². The highest BCUT2D eigenvalue weighted by Gasteiger charge is 2.27. The lowest BCUT2D eigenvalue weighted by Crippen LogP contribution is -2.42. The van der Waals surface area contributed by atoms with Crippen LogP contribution in [0.1, 0.15) is 46.5 Å². The molecule has 6 rings (SSSR count). The Morgan fingerprint density at radius 2 is 1.77 bits per heavy atom. The first kappa shape index (κ1) is 26.4. The second-order valence-corrected chi connectivity index (χ2v) is 11.2. The van der Waals surface area contributed by atoms with Gasteiger partial charge in [0.25, 0.3) is 0 Å². The Kier molecular flexibility index (Phi) is 8.02. The molecule has 1 unspecified atom stereocenters. The van der Waals surface area contributed by atoms with Crippen LogP contribution in [0.4, 0.5) is 0 Å². The van der Waals surface area contributed by atoms with Gasteiger partial charge in [-0.25, -0.2) is 0 Å². The molecular formula is C33H37N5O2. The summed E-state index contributed by atoms with van der Waals surface area (Å²) >= 11 is 0. The van der Waals surface area contributed by atoms with Crippen LogP contribution >= 0.6 is 0 Å². The number of likely N-dealkylation sites (tertiary alicyclic amines) is 1. The lowest BCUT2D eigenvalue weighted by Gasteiger charge is -2.31. The molecule has 40 heavy (non-hydrogen) atoms. The van der Waals surface area contributed by atoms with E-state index < -0.39 is 0 Å². The molecule has 1 saturated heterocycles. The molecule has 4 aromatic rings. The van der Waals surface area contributed by atoms with Crippen molar-refractivity contribution in [1.29, 1.82) is 0 Å². The van der Waals surface area contributed by atoms with Crippen molar-refractivity contribution in [3.05, 3.63) is 107 Å². The summed E-state index contributed by atoms with van der Waals surface area (Å²) in [6, 6.07) is 25.4. The first-order valence-corrected chi connectivity index (χ1v) is 14.4. The molecule has 2 aliphatic rings. The number of hydrogen-bond acceptors (Lipinski definition) is 6. The predicted molar refractivity (Wildman–Crippen MR) is 155 cm³/mol. The molecule has 0 spiro atoms. The Bertz CT molecular complexity index is 1460. The fourth-order valence-electron chi connectivity index (χ4n) is 5.98. The maximum Gasteiger partial charge on any atom is 0.241 e. The Morgan fingerprint density at radius 1 is 0.950 bits per heavy atom. The number of aryl methyl sites for hydroxylation is 1. The van der Waals surface area contributed by atoms with Crippen molar-refractivity contribution in [3.63, 3.8) is 0 Å². The molecule has 206 valence electrons. The molecule has 0 saturated carbocycles. The van der Waals surface area contributed by atoms with Gasteiger partial charge in [0.15, 0.2) is 0 Å². The monoisotopic (exact) mass is 535 g/mol. The summed E-state index contributed by atoms with van der Waals surface area (Å²) < 4.78 is 5.55. The molecule has 1 aromatic heterocycles. The number of rotatable bonds is 8. The van der Waals surface area contributed by atoms with Crippen molar-refractivity contribution in [1.82, 2.24) is 25.3 Å². The lowest BCUT2D eigenvalue weighted by molar-refractivity contribution is -0.127. The van der Waals surface area contributed by atoms with Crippen LogP contribution in [0.5, 0.6) is 0 Å². The minimum absolute atomic E-state index is 0.0379. The van der Waals surface area contributed by atoms with Gasteiger partial charge >= 0.3 is 0 Å². The van der Waals surface area contributed by atoms with E-state index in [9.17, 15) is 4.79 Å². The zero-order valence-corrected chi connectivity index (χ0v) is 23.2. The molecule has 1 fully saturated rings. The van der Waals surface area contributed by atoms with E-state index in [-0.39, 0.29) is 11.8 Å². The summed E-state index contributed by atoms with van der Waals surface area (Å²) in [5, 5.41) is 7.39. The van der Waals surface area contributed by atoms with Crippen molar-refractivity contribution >= 4 is 5.91 Å². The third kappa shape index (κ3) is 6.32. The van der Waals surface area contributed by atoms with Gasteiger partial charge in [0.1, 0.15) is 0 Å². The van der Waals surface area contributed by atoms with Gasteiger partial charge < -0.3 is 9.84 Å². The fraction of sp³-hybridized carbons (Fsp3) is 0.364. The third-order valence-corrected chi connectivity index (χ3v) is 8.16. The number of carbonyl (C=O) groups excluding carboxylic acids is 1. The number of amides is 1. The van der Waals surface area contributed by atoms with Gasteiger partial charge in [0, 0.05) is 38.3 Å². The van der Waals surface area contributed by atoms with Crippen LogP contribution in [0.25, 0.3) is 11.4 Å². The summed E-state index contributed by atoms with van der Waals surface area (Å²) in [4.78, 5) is 22.5. The van der Waals surface area contributed by atoms with E-state index in [0.717, 1.165) is 62.1 Å². The summed E-state index contributed by atoms with van der Waals surface area (Å²) in [6.07, 6.45) is 2.98. The smallest absolute Gasteiger partial charge is 0.241 e. The Hall–Kier alpha value is -3.81. The highest BCUT2D eigenvalue weighted by atomic mass is 16.5. The number of nitrogens with zero attached hydrogens (tertiary/aromatic N) is 4. The molecule has 3 heterocycles. The first-order chi connectivity index (χ1) is 19.6. The van der Waals surface area contributed by atoms with Crippen molar-refractivity contribution < 1.29 is 9.32 Å². The van der Waals surface area contributed by atoms with E-state index in [1.165, 1.54) is 16.7 Å². The summed E-state index contributed by atoms with van der Waals surface area (Å²) in [5.41, 5.74) is 7.45. The van der Waals surface area contributed by atoms with E-state index in [2.05, 4.69) is 73.8 Å². The maximum atomic E-state index is 13.1. The number of hydrogen-bond donors (Lipinski definition) is 1. The average molecular weight is 536 g/mol. The summed E-state index contributed by atoms with van der Waals surface area (Å²) in [5.74, 6) is 1.29. The average Bonchev–Trinajstić information content (AvgIpc) is 3.44. The third-order valence-electron chi connectivity index (χ3n) is 8.16. The largest absolute Gasteiger partial charge is 0.352 e. The quantitative estimate of drug-likeness (QED) is 0.337. The first-order valence-electron chi connectivity index (χ1n) is 14.4. The van der Waals surface area contributed by atoms with Gasteiger partial charge in [-0.1, -0.05) is 78.0 Å². The zero-order chi connectivity index (χ0) is 27.3. The standard InChI is InChI=1S/C33H37N5O2/c1-24-8-2-5-14-30(24)32-35-31(40-36-32)23-37-16-7-13-29(22-37)33(39)34-19-25-9-6-10-26(18-25)20-38-17-15-27-11-3-4-12-28(27)21-38/h2-6,8-12,14,18,29H,7,13,15-17,19-23H2,1H3,(H,34,39). The van der Waals surface area contributed by atoms with E-state index >= 15 is 0 Å². The van der Waals surface area contributed by atoms with Crippen molar-refractivity contribution in [2.75, 3.05) is 19.6 Å². The van der Waals surface area contributed by atoms with Crippen LogP contribution in [-0.2, 0) is 37.4 Å². The Labute approximate surface area is 236 Å². The van der Waals surface area contributed by atoms with Crippen LogP contribution in [-0.4, -0.2) is 45.5 Å². The number of carbonyl (C=O) groups is 1. The number of benzene rings is 3. The van der Waals surface area contributed by atoms with Gasteiger partial charge in [-0.05, 0) is 60.5 Å². The lowest BCUT2D eigenvalue weighted by atomic mass is 9.97. The number of piperidine rings is 1. The molecule has 3 aromatic carbocycles. The van der Waals surface area contributed by atoms with Crippen molar-refractivity contribution in [2.45, 2.75) is 52.4 Å². The topological polar surface area (TPSA) is 74.5 Å². The zero-order valence-electron chi connectivity index (χ0n) is 23.2. The predicted octanol–water partition coefficient (Wildman–Crippen LogP) is 5.13. The Balaban J connectivity index is 0.999. The molecule has 1 N–H and O–H groups in total. The highest BCUT2D eigenvalue weighted by molar-refractivity contribution is 5.79. The van der Waals surface area contributed by atoms with E-state index in [1.807, 2.05) is 31.2 Å². The van der Waals surface area contributed by atoms with Crippen molar-refractivity contribution in [2.24, 2.45) is 5.92 Å². The second kappa shape index (κ2) is 12.1. The van der Waals surface area contributed by atoms with Crippen LogP contribution in [0, 0.1) is 12.8 Å². The van der Waals surface area contributed by atoms with Gasteiger partial charge in [0.05, 0.1) is 12.5 Å². The van der Waals surface area contributed by atoms with E-state index in [4.69, 9.17) is 4.52 Å². The molecule has 2 aliphatic heterocycles. The SMILES string of the molecule is Cc1ccccc1-c1noc(CN2CCCC(C(=O)NCc3cccc(CN4CCc5ccccc5C4)c3)C2)n1. The molecule has 7 heteroatoms. The maximum absolute atomic E-state index is 13.1. The molecule has 0 aliphatic carbocycles. The van der Waals surface area contributed by atoms with Crippen LogP contribution in [0.3, 0.4) is 0 Å². The molecule has 0 radical (unpaired) electrons. The fourth-order valence-corrected chi connectivity index (χ4v) is 5.98. The highest BCUT2D eigenvalue weighted by Crippen LogP contribution is 2.23. The summed E-state index contributed by atoms with van der Waals surface area (Å²) in [6.45, 7) is 7.78. The van der Waals surface area contributed by atoms with Gasteiger partial charge in [-0.3, -0.25) is 14.6 Å². The van der Waals surface area contributed by atoms with E-state index in [1.54, 1.807) is 0 Å². The number of fused-ring (bicyclic) bond motifs is 1.